The fourth-order valence-electron chi connectivity index (χ4n) is 6.31. The lowest BCUT2D eigenvalue weighted by atomic mass is 10.0. The fourth-order valence-corrected chi connectivity index (χ4v) is 6.31. The highest BCUT2D eigenvalue weighted by Crippen LogP contribution is 2.15. The molecule has 0 saturated heterocycles. The molecule has 0 spiro atoms. The van der Waals surface area contributed by atoms with E-state index in [4.69, 9.17) is 9.47 Å². The predicted octanol–water partition coefficient (Wildman–Crippen LogP) is 11.7. The number of nitrogens with zero attached hydrogens (tertiary/aromatic N) is 2. The maximum Gasteiger partial charge on any atom is 0.335 e. The molecule has 0 amide bonds. The summed E-state index contributed by atoms with van der Waals surface area (Å²) in [5, 5.41) is 0. The Hall–Kier alpha value is -1.40. The maximum atomic E-state index is 12.2. The largest absolute Gasteiger partial charge is 0.412 e. The Morgan fingerprint density at radius 3 is 0.812 bits per heavy atom. The van der Waals surface area contributed by atoms with E-state index in [1.54, 1.807) is 0 Å². The Morgan fingerprint density at radius 2 is 0.583 bits per heavy atom. The number of carbonyl (C=O) groups excluding carboxylic acids is 2. The van der Waals surface area contributed by atoms with Gasteiger partial charge in [-0.15, -0.1) is 0 Å². The van der Waals surface area contributed by atoms with Crippen LogP contribution >= 0.6 is 0 Å². The molecule has 48 heavy (non-hydrogen) atoms. The molecular formula is C42H84N2O4+2. The second-order valence-corrected chi connectivity index (χ2v) is 16.0. The van der Waals surface area contributed by atoms with Gasteiger partial charge in [0.25, 0.3) is 0 Å². The molecular weight excluding hydrogens is 596 g/mol. The minimum atomic E-state index is -0.490. The van der Waals surface area contributed by atoms with Crippen molar-refractivity contribution in [2.75, 3.05) is 54.7 Å². The van der Waals surface area contributed by atoms with Crippen molar-refractivity contribution in [3.63, 3.8) is 0 Å². The lowest BCUT2D eigenvalue weighted by Gasteiger charge is -2.28. The molecule has 0 aromatic carbocycles. The monoisotopic (exact) mass is 681 g/mol. The Bertz CT molecular complexity index is 703. The van der Waals surface area contributed by atoms with Crippen LogP contribution in [0.2, 0.25) is 0 Å². The smallest absolute Gasteiger partial charge is 0.335 e. The van der Waals surface area contributed by atoms with Crippen molar-refractivity contribution in [3.8, 4) is 0 Å². The van der Waals surface area contributed by atoms with Gasteiger partial charge in [-0.3, -0.25) is 8.97 Å². The third kappa shape index (κ3) is 34.5. The molecule has 0 bridgehead atoms. The zero-order valence-corrected chi connectivity index (χ0v) is 33.3. The molecule has 6 nitrogen and oxygen atoms in total. The van der Waals surface area contributed by atoms with Gasteiger partial charge in [0.1, 0.15) is 0 Å². The first-order valence-corrected chi connectivity index (χ1v) is 20.8. The van der Waals surface area contributed by atoms with Crippen molar-refractivity contribution in [1.82, 2.24) is 0 Å². The summed E-state index contributed by atoms with van der Waals surface area (Å²) in [4.78, 5) is 24.5. The number of carbonyl (C=O) groups is 2. The molecule has 0 unspecified atom stereocenters. The first-order valence-electron chi connectivity index (χ1n) is 20.8. The summed E-state index contributed by atoms with van der Waals surface area (Å²) in [5.41, 5.74) is 0. The average molecular weight is 681 g/mol. The highest BCUT2D eigenvalue weighted by atomic mass is 16.6. The predicted molar refractivity (Wildman–Crippen MR) is 206 cm³/mol. The molecule has 0 aliphatic carbocycles. The third-order valence-electron chi connectivity index (χ3n) is 9.70. The highest BCUT2D eigenvalue weighted by Gasteiger charge is 2.18. The Labute approximate surface area is 300 Å². The molecule has 0 aromatic heterocycles. The van der Waals surface area contributed by atoms with E-state index < -0.39 is 11.9 Å². The molecule has 0 fully saturated rings. The van der Waals surface area contributed by atoms with E-state index in [-0.39, 0.29) is 0 Å². The van der Waals surface area contributed by atoms with Crippen LogP contribution in [0.1, 0.15) is 194 Å². The van der Waals surface area contributed by atoms with Crippen molar-refractivity contribution < 1.29 is 28.0 Å². The van der Waals surface area contributed by atoms with Crippen LogP contribution in [-0.2, 0) is 19.1 Å². The molecule has 0 N–H and O–H groups in total. The zero-order valence-electron chi connectivity index (χ0n) is 33.3. The van der Waals surface area contributed by atoms with Crippen LogP contribution in [0, 0.1) is 0 Å². The van der Waals surface area contributed by atoms with Crippen molar-refractivity contribution in [1.29, 1.82) is 0 Å². The van der Waals surface area contributed by atoms with Crippen LogP contribution < -0.4 is 0 Å². The van der Waals surface area contributed by atoms with Crippen molar-refractivity contribution >= 4 is 11.9 Å². The van der Waals surface area contributed by atoms with E-state index >= 15 is 0 Å². The summed E-state index contributed by atoms with van der Waals surface area (Å²) >= 11 is 0. The van der Waals surface area contributed by atoms with Gasteiger partial charge in [-0.1, -0.05) is 168 Å². The molecule has 0 saturated carbocycles. The van der Waals surface area contributed by atoms with Crippen LogP contribution in [0.15, 0.2) is 12.2 Å². The van der Waals surface area contributed by atoms with Gasteiger partial charge in [0.2, 0.25) is 13.5 Å². The maximum absolute atomic E-state index is 12.2. The Kier molecular flexibility index (Phi) is 31.8. The van der Waals surface area contributed by atoms with Gasteiger partial charge in [0.05, 0.1) is 41.3 Å². The quantitative estimate of drug-likeness (QED) is 0.0217. The molecule has 0 aliphatic rings. The van der Waals surface area contributed by atoms with E-state index in [1.807, 2.05) is 0 Å². The number of esters is 2. The normalized spacial score (nSPS) is 12.2. The number of rotatable bonds is 36. The SMILES string of the molecule is CCCCCCCCCCCCCCCC[N+](C)(C)COC(=O)/C=C\C(=O)OC[N+](C)(C)CCCCCCCCCCCCCCCC. The average Bonchev–Trinajstić information content (AvgIpc) is 3.05. The van der Waals surface area contributed by atoms with Crippen molar-refractivity contribution in [2.45, 2.75) is 194 Å². The molecule has 0 atom stereocenters. The first kappa shape index (κ1) is 46.6. The summed E-state index contributed by atoms with van der Waals surface area (Å²) in [7, 11) is 8.36. The van der Waals surface area contributed by atoms with Gasteiger partial charge in [-0.05, 0) is 25.7 Å². The molecule has 0 heterocycles. The van der Waals surface area contributed by atoms with Gasteiger partial charge in [0.15, 0.2) is 0 Å². The summed E-state index contributed by atoms with van der Waals surface area (Å²) in [6.07, 6.45) is 40.2. The number of quaternary nitrogens is 2. The minimum absolute atomic E-state index is 0.305. The molecule has 6 heteroatoms. The van der Waals surface area contributed by atoms with E-state index in [0.29, 0.717) is 22.4 Å². The van der Waals surface area contributed by atoms with E-state index in [1.165, 1.54) is 179 Å². The number of hydrogen-bond donors (Lipinski definition) is 0. The van der Waals surface area contributed by atoms with Gasteiger partial charge in [-0.2, -0.15) is 0 Å². The molecule has 0 aliphatic heterocycles. The highest BCUT2D eigenvalue weighted by molar-refractivity contribution is 5.91. The number of hydrogen-bond acceptors (Lipinski definition) is 4. The lowest BCUT2D eigenvalue weighted by Crippen LogP contribution is -2.43. The van der Waals surface area contributed by atoms with Crippen molar-refractivity contribution in [2.24, 2.45) is 0 Å². The summed E-state index contributed by atoms with van der Waals surface area (Å²) in [6.45, 7) is 7.12. The molecule has 284 valence electrons. The second-order valence-electron chi connectivity index (χ2n) is 16.0. The van der Waals surface area contributed by atoms with Gasteiger partial charge >= 0.3 is 11.9 Å². The molecule has 0 aromatic rings. The van der Waals surface area contributed by atoms with Gasteiger partial charge < -0.3 is 9.47 Å². The van der Waals surface area contributed by atoms with Crippen LogP contribution in [-0.4, -0.2) is 75.6 Å². The Balaban J connectivity index is 3.78. The number of unbranched alkanes of at least 4 members (excludes halogenated alkanes) is 26. The lowest BCUT2D eigenvalue weighted by molar-refractivity contribution is -0.907. The van der Waals surface area contributed by atoms with E-state index in [0.717, 1.165) is 25.9 Å². The van der Waals surface area contributed by atoms with Crippen LogP contribution in [0.5, 0.6) is 0 Å². The molecule has 0 rings (SSSR count). The molecule has 0 radical (unpaired) electrons. The summed E-state index contributed by atoms with van der Waals surface area (Å²) in [6, 6.07) is 0. The number of ether oxygens (including phenoxy) is 2. The van der Waals surface area contributed by atoms with Crippen LogP contribution in [0.25, 0.3) is 0 Å². The first-order chi connectivity index (χ1) is 23.1. The third-order valence-corrected chi connectivity index (χ3v) is 9.70. The summed E-state index contributed by atoms with van der Waals surface area (Å²) in [5.74, 6) is -0.981. The zero-order chi connectivity index (χ0) is 35.6. The van der Waals surface area contributed by atoms with Crippen LogP contribution in [0.3, 0.4) is 0 Å². The van der Waals surface area contributed by atoms with E-state index in [9.17, 15) is 9.59 Å². The topological polar surface area (TPSA) is 52.6 Å². The van der Waals surface area contributed by atoms with Crippen molar-refractivity contribution in [3.05, 3.63) is 12.2 Å². The fraction of sp³-hybridized carbons (Fsp3) is 0.905. The van der Waals surface area contributed by atoms with E-state index in [2.05, 4.69) is 42.0 Å². The van der Waals surface area contributed by atoms with Crippen LogP contribution in [0.4, 0.5) is 0 Å². The Morgan fingerprint density at radius 1 is 0.375 bits per heavy atom. The standard InChI is InChI=1S/C42H84N2O4/c1-7-9-11-13-15-17-19-21-23-25-27-29-31-33-37-43(3,4)39-47-41(45)35-36-42(46)48-40-44(5,6)38-34-32-30-28-26-24-22-20-18-16-14-12-10-8-2/h35-36H,7-34,37-40H2,1-6H3/q+2/b36-35-. The summed E-state index contributed by atoms with van der Waals surface area (Å²) < 4.78 is 12.1. The second kappa shape index (κ2) is 32.8. The van der Waals surface area contributed by atoms with Gasteiger partial charge in [0, 0.05) is 12.2 Å². The van der Waals surface area contributed by atoms with Gasteiger partial charge in [-0.25, -0.2) is 9.59 Å². The minimum Gasteiger partial charge on any atom is -0.412 e.